The molecule has 0 atom stereocenters. The normalized spacial score (nSPS) is 22.0. The van der Waals surface area contributed by atoms with Gasteiger partial charge in [-0.25, -0.2) is 0 Å². The van der Waals surface area contributed by atoms with Crippen LogP contribution in [-0.2, 0) is 4.74 Å². The third kappa shape index (κ3) is 2.07. The maximum absolute atomic E-state index is 5.13. The molecule has 0 aromatic heterocycles. The Balaban J connectivity index is 2.17. The van der Waals surface area contributed by atoms with E-state index in [9.17, 15) is 0 Å². The Morgan fingerprint density at radius 3 is 3.38 bits per heavy atom. The Bertz CT molecular complexity index is 70.6. The van der Waals surface area contributed by atoms with Crippen LogP contribution in [0.15, 0.2) is 4.99 Å². The van der Waals surface area contributed by atoms with Gasteiger partial charge in [-0.15, -0.1) is 0 Å². The first kappa shape index (κ1) is 5.76. The fraction of sp³-hybridized carbons (Fsp3) is 0.833. The van der Waals surface area contributed by atoms with Crippen LogP contribution in [0.1, 0.15) is 12.8 Å². The maximum Gasteiger partial charge on any atom is 0.0814 e. The molecule has 0 unspecified atom stereocenters. The molecule has 0 N–H and O–H groups in total. The molecule has 0 saturated heterocycles. The van der Waals surface area contributed by atoms with Crippen LogP contribution in [0.25, 0.3) is 0 Å². The number of rotatable bonds is 0. The van der Waals surface area contributed by atoms with E-state index < -0.39 is 0 Å². The number of nitrogens with zero attached hydrogens (tertiary/aromatic N) is 1. The minimum Gasteiger partial charge on any atom is -0.376 e. The highest BCUT2D eigenvalue weighted by Gasteiger charge is 1.89. The Morgan fingerprint density at radius 1 is 1.38 bits per heavy atom. The van der Waals surface area contributed by atoms with Crippen molar-refractivity contribution in [1.82, 2.24) is 0 Å². The smallest absolute Gasteiger partial charge is 0.0814 e. The van der Waals surface area contributed by atoms with Gasteiger partial charge in [0.1, 0.15) is 0 Å². The molecule has 1 rings (SSSR count). The predicted octanol–water partition coefficient (Wildman–Crippen LogP) is 0.868. The van der Waals surface area contributed by atoms with Crippen LogP contribution >= 0.6 is 0 Å². The summed E-state index contributed by atoms with van der Waals surface area (Å²) in [4.78, 5) is 4.08. The lowest BCUT2D eigenvalue weighted by molar-refractivity contribution is 0.167. The minimum atomic E-state index is 0.708. The Kier molecular flexibility index (Phi) is 2.60. The molecule has 46 valence electrons. The van der Waals surface area contributed by atoms with E-state index in [-0.39, 0.29) is 0 Å². The summed E-state index contributed by atoms with van der Waals surface area (Å²) in [6.45, 7) is 2.61. The molecule has 2 heteroatoms. The molecule has 0 spiro atoms. The van der Waals surface area contributed by atoms with Crippen LogP contribution < -0.4 is 0 Å². The van der Waals surface area contributed by atoms with Gasteiger partial charge in [0.05, 0.1) is 6.61 Å². The van der Waals surface area contributed by atoms with Gasteiger partial charge in [0, 0.05) is 19.4 Å². The molecule has 2 nitrogen and oxygen atoms in total. The molecule has 1 heterocycles. The summed E-state index contributed by atoms with van der Waals surface area (Å²) in [5, 5.41) is 0. The van der Waals surface area contributed by atoms with Crippen molar-refractivity contribution in [3.63, 3.8) is 0 Å². The zero-order valence-electron chi connectivity index (χ0n) is 4.97. The van der Waals surface area contributed by atoms with Gasteiger partial charge in [-0.05, 0) is 12.8 Å². The lowest BCUT2D eigenvalue weighted by Gasteiger charge is -2.02. The van der Waals surface area contributed by atoms with Crippen LogP contribution in [0.3, 0.4) is 0 Å². The third-order valence-corrected chi connectivity index (χ3v) is 1.15. The molecule has 8 heavy (non-hydrogen) atoms. The fourth-order valence-corrected chi connectivity index (χ4v) is 0.687. The first-order chi connectivity index (χ1) is 4.00. The largest absolute Gasteiger partial charge is 0.376 e. The Labute approximate surface area is 49.6 Å². The van der Waals surface area contributed by atoms with E-state index in [4.69, 9.17) is 4.74 Å². The summed E-state index contributed by atoms with van der Waals surface area (Å²) in [6.07, 6.45) is 4.19. The fourth-order valence-electron chi connectivity index (χ4n) is 0.687. The topological polar surface area (TPSA) is 21.6 Å². The predicted molar refractivity (Wildman–Crippen MR) is 33.4 cm³/mol. The van der Waals surface area contributed by atoms with Gasteiger partial charge in [0.2, 0.25) is 0 Å². The average Bonchev–Trinajstić information content (AvgIpc) is 1.62. The number of ether oxygens (including phenoxy) is 1. The van der Waals surface area contributed by atoms with Crippen molar-refractivity contribution in [2.45, 2.75) is 12.8 Å². The number of hydrogen-bond donors (Lipinski definition) is 0. The first-order valence-electron chi connectivity index (χ1n) is 3.06. The van der Waals surface area contributed by atoms with E-state index in [1.165, 1.54) is 6.42 Å². The molecule has 0 radical (unpaired) electrons. The second-order valence-corrected chi connectivity index (χ2v) is 1.87. The van der Waals surface area contributed by atoms with Crippen LogP contribution in [0.4, 0.5) is 0 Å². The van der Waals surface area contributed by atoms with Crippen molar-refractivity contribution < 1.29 is 4.74 Å². The summed E-state index contributed by atoms with van der Waals surface area (Å²) in [6, 6.07) is 0. The van der Waals surface area contributed by atoms with Crippen molar-refractivity contribution in [2.75, 3.05) is 19.8 Å². The highest BCUT2D eigenvalue weighted by atomic mass is 16.5. The molecule has 0 fully saturated rings. The monoisotopic (exact) mass is 113 g/mol. The molecular formula is C6H11NO. The van der Waals surface area contributed by atoms with Crippen LogP contribution in [-0.4, -0.2) is 26.0 Å². The lowest BCUT2D eigenvalue weighted by Crippen LogP contribution is -2.02. The Morgan fingerprint density at radius 2 is 2.38 bits per heavy atom. The average molecular weight is 113 g/mol. The van der Waals surface area contributed by atoms with Crippen LogP contribution in [0.5, 0.6) is 0 Å². The molecule has 0 amide bonds. The van der Waals surface area contributed by atoms with Crippen molar-refractivity contribution in [1.29, 1.82) is 0 Å². The molecule has 1 aliphatic rings. The molecule has 1 aliphatic heterocycles. The van der Waals surface area contributed by atoms with Crippen molar-refractivity contribution in [3.8, 4) is 0 Å². The van der Waals surface area contributed by atoms with Gasteiger partial charge in [0.15, 0.2) is 0 Å². The van der Waals surface area contributed by atoms with E-state index in [1.54, 1.807) is 0 Å². The quantitative estimate of drug-likeness (QED) is 0.456. The molecular weight excluding hydrogens is 102 g/mol. The van der Waals surface area contributed by atoms with E-state index in [0.717, 1.165) is 19.6 Å². The maximum atomic E-state index is 5.13. The summed E-state index contributed by atoms with van der Waals surface area (Å²) >= 11 is 0. The van der Waals surface area contributed by atoms with Gasteiger partial charge < -0.3 is 4.74 Å². The highest BCUT2D eigenvalue weighted by molar-refractivity contribution is 5.58. The molecule has 0 saturated carbocycles. The third-order valence-electron chi connectivity index (χ3n) is 1.15. The summed E-state index contributed by atoms with van der Waals surface area (Å²) in [7, 11) is 0. The molecule has 0 aliphatic carbocycles. The second-order valence-electron chi connectivity index (χ2n) is 1.87. The van der Waals surface area contributed by atoms with Gasteiger partial charge in [-0.3, -0.25) is 4.99 Å². The number of hydrogen-bond acceptors (Lipinski definition) is 2. The zero-order valence-corrected chi connectivity index (χ0v) is 4.97. The van der Waals surface area contributed by atoms with Crippen LogP contribution in [0, 0.1) is 0 Å². The minimum absolute atomic E-state index is 0.708. The van der Waals surface area contributed by atoms with Crippen molar-refractivity contribution >= 4 is 6.21 Å². The van der Waals surface area contributed by atoms with Crippen molar-refractivity contribution in [2.24, 2.45) is 4.99 Å². The molecule has 0 aromatic rings. The SMILES string of the molecule is C1=NCCCCOC1. The van der Waals surface area contributed by atoms with E-state index in [0.29, 0.717) is 6.61 Å². The first-order valence-corrected chi connectivity index (χ1v) is 3.06. The number of aliphatic imine (C=N–C) groups is 1. The summed E-state index contributed by atoms with van der Waals surface area (Å²) in [5.74, 6) is 0. The second kappa shape index (κ2) is 3.61. The van der Waals surface area contributed by atoms with Gasteiger partial charge >= 0.3 is 0 Å². The lowest BCUT2D eigenvalue weighted by atomic mass is 10.3. The van der Waals surface area contributed by atoms with Crippen LogP contribution in [0.2, 0.25) is 0 Å². The summed E-state index contributed by atoms with van der Waals surface area (Å²) in [5.41, 5.74) is 0. The van der Waals surface area contributed by atoms with E-state index in [1.807, 2.05) is 6.21 Å². The standard InChI is InChI=1S/C6H11NO/c1-2-5-8-6-4-7-3-1/h4H,1-3,5-6H2. The van der Waals surface area contributed by atoms with Gasteiger partial charge in [0.25, 0.3) is 0 Å². The molecule has 0 bridgehead atoms. The van der Waals surface area contributed by atoms with Crippen molar-refractivity contribution in [3.05, 3.63) is 0 Å². The summed E-state index contributed by atoms with van der Waals surface area (Å²) < 4.78 is 5.13. The zero-order chi connectivity index (χ0) is 5.66. The molecule has 0 aromatic carbocycles. The van der Waals surface area contributed by atoms with E-state index in [2.05, 4.69) is 4.99 Å². The Hall–Kier alpha value is -0.370. The van der Waals surface area contributed by atoms with Gasteiger partial charge in [-0.2, -0.15) is 0 Å². The van der Waals surface area contributed by atoms with E-state index >= 15 is 0 Å². The van der Waals surface area contributed by atoms with Gasteiger partial charge in [-0.1, -0.05) is 0 Å². The highest BCUT2D eigenvalue weighted by Crippen LogP contribution is 1.92.